The first-order valence-corrected chi connectivity index (χ1v) is 6.28. The van der Waals surface area contributed by atoms with Gasteiger partial charge in [-0.25, -0.2) is 0 Å². The van der Waals surface area contributed by atoms with Crippen molar-refractivity contribution in [2.24, 2.45) is 0 Å². The molecule has 96 valence electrons. The van der Waals surface area contributed by atoms with E-state index in [-0.39, 0.29) is 5.54 Å². The molecular formula is C14H24N2O. The van der Waals surface area contributed by atoms with Gasteiger partial charge in [0, 0.05) is 23.5 Å². The summed E-state index contributed by atoms with van der Waals surface area (Å²) in [6, 6.07) is 2.00. The monoisotopic (exact) mass is 236 g/mol. The Balaban J connectivity index is 2.98. The van der Waals surface area contributed by atoms with Crippen LogP contribution in [0.5, 0.6) is 0 Å². The maximum atomic E-state index is 10.5. The number of hydrogen-bond acceptors (Lipinski definition) is 3. The van der Waals surface area contributed by atoms with Crippen LogP contribution in [0.3, 0.4) is 0 Å². The molecule has 0 spiro atoms. The van der Waals surface area contributed by atoms with Crippen molar-refractivity contribution >= 4 is 0 Å². The fourth-order valence-electron chi connectivity index (χ4n) is 2.35. The van der Waals surface area contributed by atoms with E-state index in [1.165, 1.54) is 0 Å². The first kappa shape index (κ1) is 14.1. The second kappa shape index (κ2) is 5.61. The van der Waals surface area contributed by atoms with Gasteiger partial charge in [-0.15, -0.1) is 0 Å². The third-order valence-corrected chi connectivity index (χ3v) is 3.46. The first-order valence-electron chi connectivity index (χ1n) is 6.28. The summed E-state index contributed by atoms with van der Waals surface area (Å²) in [6.07, 6.45) is 3.04. The van der Waals surface area contributed by atoms with Crippen LogP contribution in [0.15, 0.2) is 18.5 Å². The molecule has 1 aromatic heterocycles. The van der Waals surface area contributed by atoms with E-state index in [9.17, 15) is 5.11 Å². The van der Waals surface area contributed by atoms with Crippen molar-refractivity contribution in [3.05, 3.63) is 29.6 Å². The van der Waals surface area contributed by atoms with Crippen molar-refractivity contribution in [2.45, 2.75) is 46.3 Å². The molecule has 3 heteroatoms. The smallest absolute Gasteiger partial charge is 0.0983 e. The minimum atomic E-state index is -0.519. The van der Waals surface area contributed by atoms with E-state index in [0.29, 0.717) is 0 Å². The lowest BCUT2D eigenvalue weighted by Gasteiger charge is -2.41. The van der Waals surface area contributed by atoms with Gasteiger partial charge < -0.3 is 5.11 Å². The molecule has 3 nitrogen and oxygen atoms in total. The fourth-order valence-corrected chi connectivity index (χ4v) is 2.35. The van der Waals surface area contributed by atoms with Crippen molar-refractivity contribution in [3.8, 4) is 0 Å². The first-order chi connectivity index (χ1) is 7.93. The van der Waals surface area contributed by atoms with Crippen LogP contribution in [0.1, 0.15) is 44.9 Å². The van der Waals surface area contributed by atoms with Crippen LogP contribution in [-0.2, 0) is 0 Å². The Morgan fingerprint density at radius 2 is 1.88 bits per heavy atom. The van der Waals surface area contributed by atoms with Gasteiger partial charge in [0.15, 0.2) is 0 Å². The lowest BCUT2D eigenvalue weighted by Crippen LogP contribution is -2.48. The van der Waals surface area contributed by atoms with Crippen LogP contribution in [-0.4, -0.2) is 33.6 Å². The molecule has 1 aromatic rings. The predicted molar refractivity (Wildman–Crippen MR) is 70.9 cm³/mol. The molecule has 0 bridgehead atoms. The number of hydrogen-bond donors (Lipinski definition) is 1. The summed E-state index contributed by atoms with van der Waals surface area (Å²) in [5, 5.41) is 10.5. The Morgan fingerprint density at radius 3 is 2.35 bits per heavy atom. The largest absolute Gasteiger partial charge is 0.386 e. The van der Waals surface area contributed by atoms with Gasteiger partial charge in [-0.2, -0.15) is 0 Å². The van der Waals surface area contributed by atoms with Crippen molar-refractivity contribution in [1.82, 2.24) is 9.88 Å². The molecule has 1 rings (SSSR count). The van der Waals surface area contributed by atoms with Gasteiger partial charge in [-0.1, -0.05) is 19.9 Å². The van der Waals surface area contributed by atoms with E-state index in [2.05, 4.69) is 37.6 Å². The number of likely N-dealkylation sites (N-methyl/N-ethyl adjacent to an activating group) is 1. The highest BCUT2D eigenvalue weighted by molar-refractivity contribution is 5.21. The molecule has 0 fully saturated rings. The van der Waals surface area contributed by atoms with E-state index < -0.39 is 6.10 Å². The molecule has 0 amide bonds. The van der Waals surface area contributed by atoms with E-state index in [1.807, 2.05) is 13.0 Å². The second-order valence-electron chi connectivity index (χ2n) is 5.02. The molecule has 1 N–H and O–H groups in total. The zero-order valence-electron chi connectivity index (χ0n) is 11.6. The van der Waals surface area contributed by atoms with Crippen LogP contribution >= 0.6 is 0 Å². The molecule has 17 heavy (non-hydrogen) atoms. The summed E-state index contributed by atoms with van der Waals surface area (Å²) in [5.74, 6) is 0. The van der Waals surface area contributed by atoms with Crippen LogP contribution < -0.4 is 0 Å². The molecule has 1 heterocycles. The van der Waals surface area contributed by atoms with Gasteiger partial charge in [-0.05, 0) is 39.4 Å². The third-order valence-electron chi connectivity index (χ3n) is 3.46. The number of aliphatic hydroxyl groups excluding tert-OH is 1. The van der Waals surface area contributed by atoms with E-state index in [1.54, 1.807) is 12.4 Å². The highest BCUT2D eigenvalue weighted by Gasteiger charge is 2.33. The van der Waals surface area contributed by atoms with Gasteiger partial charge in [0.05, 0.1) is 6.10 Å². The average molecular weight is 236 g/mol. The maximum absolute atomic E-state index is 10.5. The average Bonchev–Trinajstić information content (AvgIpc) is 2.29. The molecule has 1 unspecified atom stereocenters. The Labute approximate surface area is 104 Å². The minimum Gasteiger partial charge on any atom is -0.386 e. The summed E-state index contributed by atoms with van der Waals surface area (Å²) >= 11 is 0. The van der Waals surface area contributed by atoms with Gasteiger partial charge in [0.25, 0.3) is 0 Å². The molecule has 0 saturated carbocycles. The number of nitrogens with zero attached hydrogens (tertiary/aromatic N) is 2. The molecule has 0 saturated heterocycles. The van der Waals surface area contributed by atoms with Gasteiger partial charge in [0.2, 0.25) is 0 Å². The van der Waals surface area contributed by atoms with Crippen molar-refractivity contribution in [3.63, 3.8) is 0 Å². The second-order valence-corrected chi connectivity index (χ2v) is 5.02. The lowest BCUT2D eigenvalue weighted by atomic mass is 9.89. The minimum absolute atomic E-state index is 0.279. The van der Waals surface area contributed by atoms with Crippen molar-refractivity contribution in [1.29, 1.82) is 0 Å². The molecule has 0 aromatic carbocycles. The number of pyridine rings is 1. The Hall–Kier alpha value is -0.930. The number of aliphatic hydroxyl groups is 1. The molecule has 0 aliphatic rings. The quantitative estimate of drug-likeness (QED) is 0.853. The topological polar surface area (TPSA) is 36.4 Å². The zero-order chi connectivity index (χ0) is 13.1. The van der Waals surface area contributed by atoms with Gasteiger partial charge in [-0.3, -0.25) is 9.88 Å². The normalized spacial score (nSPS) is 14.1. The standard InChI is InChI=1S/C14H24N2O/c1-6-16(7-2)14(4,5)13(17)12-8-11(3)9-15-10-12/h8-10,13,17H,6-7H2,1-5H3. The number of aromatic nitrogens is 1. The highest BCUT2D eigenvalue weighted by atomic mass is 16.3. The predicted octanol–water partition coefficient (Wildman–Crippen LogP) is 2.54. The van der Waals surface area contributed by atoms with Crippen LogP contribution in [0.2, 0.25) is 0 Å². The van der Waals surface area contributed by atoms with E-state index >= 15 is 0 Å². The zero-order valence-corrected chi connectivity index (χ0v) is 11.6. The molecule has 0 radical (unpaired) electrons. The maximum Gasteiger partial charge on any atom is 0.0983 e. The summed E-state index contributed by atoms with van der Waals surface area (Å²) in [7, 11) is 0. The molecule has 0 aliphatic heterocycles. The molecule has 1 atom stereocenters. The Kier molecular flexibility index (Phi) is 4.66. The summed E-state index contributed by atoms with van der Waals surface area (Å²) in [4.78, 5) is 6.42. The molecule has 0 aliphatic carbocycles. The summed E-state index contributed by atoms with van der Waals surface area (Å²) in [5.41, 5.74) is 1.69. The van der Waals surface area contributed by atoms with Gasteiger partial charge >= 0.3 is 0 Å². The molecular weight excluding hydrogens is 212 g/mol. The van der Waals surface area contributed by atoms with Crippen molar-refractivity contribution < 1.29 is 5.11 Å². The summed E-state index contributed by atoms with van der Waals surface area (Å²) in [6.45, 7) is 12.2. The third kappa shape index (κ3) is 3.05. The Bertz CT molecular complexity index is 359. The highest BCUT2D eigenvalue weighted by Crippen LogP contribution is 2.30. The van der Waals surface area contributed by atoms with Crippen LogP contribution in [0, 0.1) is 6.92 Å². The van der Waals surface area contributed by atoms with E-state index in [0.717, 1.165) is 24.2 Å². The van der Waals surface area contributed by atoms with Crippen LogP contribution in [0.4, 0.5) is 0 Å². The lowest BCUT2D eigenvalue weighted by molar-refractivity contribution is -0.00647. The SMILES string of the molecule is CCN(CC)C(C)(C)C(O)c1cncc(C)c1. The number of rotatable bonds is 5. The fraction of sp³-hybridized carbons (Fsp3) is 0.643. The van der Waals surface area contributed by atoms with Crippen molar-refractivity contribution in [2.75, 3.05) is 13.1 Å². The van der Waals surface area contributed by atoms with Crippen LogP contribution in [0.25, 0.3) is 0 Å². The number of aryl methyl sites for hydroxylation is 1. The van der Waals surface area contributed by atoms with Gasteiger partial charge in [0.1, 0.15) is 0 Å². The van der Waals surface area contributed by atoms with E-state index in [4.69, 9.17) is 0 Å². The Morgan fingerprint density at radius 1 is 1.29 bits per heavy atom. The summed E-state index contributed by atoms with van der Waals surface area (Å²) < 4.78 is 0.